The van der Waals surface area contributed by atoms with Crippen molar-refractivity contribution in [3.63, 3.8) is 0 Å². The molecule has 1 N–H and O–H groups in total. The molecule has 9 nitrogen and oxygen atoms in total. The second kappa shape index (κ2) is 60.7. The summed E-state index contributed by atoms with van der Waals surface area (Å²) < 4.78 is 22.8. The zero-order valence-corrected chi connectivity index (χ0v) is 51.6. The molecule has 0 spiro atoms. The number of hydrogen-bond acceptors (Lipinski definition) is 7. The first kappa shape index (κ1) is 75.7. The van der Waals surface area contributed by atoms with Gasteiger partial charge in [-0.2, -0.15) is 0 Å². The lowest BCUT2D eigenvalue weighted by molar-refractivity contribution is -0.870. The fraction of sp³-hybridized carbons (Fsp3) is 0.569. The van der Waals surface area contributed by atoms with Crippen LogP contribution in [0.1, 0.15) is 206 Å². The van der Waals surface area contributed by atoms with Crippen LogP contribution in [0, 0.1) is 0 Å². The van der Waals surface area contributed by atoms with Crippen LogP contribution < -0.4 is 0 Å². The van der Waals surface area contributed by atoms with Gasteiger partial charge in [-0.05, 0) is 116 Å². The van der Waals surface area contributed by atoms with Crippen LogP contribution in [0.2, 0.25) is 0 Å². The second-order valence-corrected chi connectivity index (χ2v) is 21.2. The summed E-state index contributed by atoms with van der Waals surface area (Å²) in [6.45, 7) is 4.53. The maximum Gasteiger partial charge on any atom is 0.361 e. The van der Waals surface area contributed by atoms with Gasteiger partial charge in [0.15, 0.2) is 6.10 Å². The van der Waals surface area contributed by atoms with Crippen LogP contribution in [-0.2, 0) is 33.3 Å². The van der Waals surface area contributed by atoms with E-state index in [0.717, 1.165) is 116 Å². The Kier molecular flexibility index (Phi) is 56.7. The summed E-state index contributed by atoms with van der Waals surface area (Å²) in [5, 5.41) is 9.71. The van der Waals surface area contributed by atoms with Crippen molar-refractivity contribution in [3.8, 4) is 0 Å². The Bertz CT molecular complexity index is 1930. The molecule has 0 bridgehead atoms. The molecule has 0 amide bonds. The SMILES string of the molecule is CC/C=C\C/C=C\C/C=C\C/C=C\C/C=C\C/C=C\C/C=C\C/C=C\CCCCCCCCCCCCCCC(=O)OC(COC(=O)CC/C=C\C/C=C\C/C=C\C/C=C\C/C=C\C/C=C\CC)COC(OCC[N+](C)(C)C)C(=O)O. The molecule has 2 unspecified atom stereocenters. The van der Waals surface area contributed by atoms with Crippen LogP contribution in [0.3, 0.4) is 0 Å². The predicted octanol–water partition coefficient (Wildman–Crippen LogP) is 19.1. The van der Waals surface area contributed by atoms with E-state index in [0.29, 0.717) is 23.9 Å². The number of esters is 2. The van der Waals surface area contributed by atoms with E-state index in [2.05, 4.69) is 172 Å². The molecular weight excluding hydrogens is 1010 g/mol. The largest absolute Gasteiger partial charge is 0.477 e. The monoisotopic (exact) mass is 1120 g/mol. The quantitative estimate of drug-likeness (QED) is 0.0211. The van der Waals surface area contributed by atoms with Gasteiger partial charge in [0, 0.05) is 12.8 Å². The number of nitrogens with zero attached hydrogens (tertiary/aromatic N) is 1. The number of ether oxygens (including phenoxy) is 4. The highest BCUT2D eigenvalue weighted by atomic mass is 16.7. The van der Waals surface area contributed by atoms with Gasteiger partial charge in [0.1, 0.15) is 13.2 Å². The van der Waals surface area contributed by atoms with Crippen molar-refractivity contribution in [1.82, 2.24) is 0 Å². The van der Waals surface area contributed by atoms with Crippen molar-refractivity contribution in [3.05, 3.63) is 170 Å². The van der Waals surface area contributed by atoms with Gasteiger partial charge in [0.2, 0.25) is 0 Å². The zero-order chi connectivity index (χ0) is 59.1. The number of quaternary nitrogens is 1. The van der Waals surface area contributed by atoms with E-state index in [4.69, 9.17) is 18.9 Å². The number of carboxylic acids is 1. The minimum Gasteiger partial charge on any atom is -0.477 e. The topological polar surface area (TPSA) is 108 Å². The molecule has 0 aromatic heterocycles. The number of carboxylic acid groups (broad SMARTS) is 1. The highest BCUT2D eigenvalue weighted by molar-refractivity contribution is 5.71. The Hall–Kier alpha value is -5.35. The Labute approximate surface area is 495 Å². The van der Waals surface area contributed by atoms with E-state index in [1.54, 1.807) is 0 Å². The van der Waals surface area contributed by atoms with E-state index >= 15 is 0 Å². The average molecular weight is 1120 g/mol. The number of hydrogen-bond donors (Lipinski definition) is 1. The van der Waals surface area contributed by atoms with Gasteiger partial charge in [-0.1, -0.05) is 248 Å². The molecule has 0 aromatic carbocycles. The maximum absolute atomic E-state index is 12.9. The van der Waals surface area contributed by atoms with Crippen molar-refractivity contribution in [2.24, 2.45) is 0 Å². The third-order valence-corrected chi connectivity index (χ3v) is 12.5. The number of carbonyl (C=O) groups is 3. The van der Waals surface area contributed by atoms with Gasteiger partial charge in [0.25, 0.3) is 6.29 Å². The van der Waals surface area contributed by atoms with Gasteiger partial charge in [0.05, 0.1) is 34.4 Å². The molecule has 81 heavy (non-hydrogen) atoms. The van der Waals surface area contributed by atoms with Crippen molar-refractivity contribution in [1.29, 1.82) is 0 Å². The average Bonchev–Trinajstić information content (AvgIpc) is 3.44. The van der Waals surface area contributed by atoms with Crippen molar-refractivity contribution >= 4 is 17.9 Å². The van der Waals surface area contributed by atoms with Crippen molar-refractivity contribution < 1.29 is 42.9 Å². The minimum atomic E-state index is -1.54. The molecule has 2 atom stereocenters. The van der Waals surface area contributed by atoms with E-state index in [1.165, 1.54) is 51.4 Å². The Morgan fingerprint density at radius 2 is 0.691 bits per heavy atom. The van der Waals surface area contributed by atoms with E-state index in [1.807, 2.05) is 33.3 Å². The lowest BCUT2D eigenvalue weighted by atomic mass is 10.0. The lowest BCUT2D eigenvalue weighted by Crippen LogP contribution is -2.40. The van der Waals surface area contributed by atoms with Crippen LogP contribution in [0.15, 0.2) is 170 Å². The molecule has 0 saturated carbocycles. The fourth-order valence-electron chi connectivity index (χ4n) is 7.76. The van der Waals surface area contributed by atoms with Gasteiger partial charge in [-0.3, -0.25) is 9.59 Å². The highest BCUT2D eigenvalue weighted by Crippen LogP contribution is 2.15. The Morgan fingerprint density at radius 3 is 1.04 bits per heavy atom. The van der Waals surface area contributed by atoms with Crippen molar-refractivity contribution in [2.45, 2.75) is 219 Å². The third kappa shape index (κ3) is 62.1. The van der Waals surface area contributed by atoms with Crippen LogP contribution in [-0.4, -0.2) is 87.4 Å². The summed E-state index contributed by atoms with van der Waals surface area (Å²) in [7, 11) is 5.94. The lowest BCUT2D eigenvalue weighted by Gasteiger charge is -2.25. The highest BCUT2D eigenvalue weighted by Gasteiger charge is 2.25. The predicted molar refractivity (Wildman–Crippen MR) is 345 cm³/mol. The van der Waals surface area contributed by atoms with Gasteiger partial charge < -0.3 is 28.5 Å². The normalized spacial score (nSPS) is 13.9. The summed E-state index contributed by atoms with van der Waals surface area (Å²) in [6, 6.07) is 0. The molecule has 0 aromatic rings. The van der Waals surface area contributed by atoms with E-state index < -0.39 is 30.3 Å². The number of allylic oxidation sites excluding steroid dienone is 28. The number of likely N-dealkylation sites (N-methyl/N-ethyl adjacent to an activating group) is 1. The molecule has 0 aliphatic rings. The summed E-state index contributed by atoms with van der Waals surface area (Å²) >= 11 is 0. The second-order valence-electron chi connectivity index (χ2n) is 21.2. The van der Waals surface area contributed by atoms with Gasteiger partial charge in [-0.15, -0.1) is 0 Å². The first-order valence-corrected chi connectivity index (χ1v) is 31.3. The molecule has 454 valence electrons. The first-order valence-electron chi connectivity index (χ1n) is 31.3. The zero-order valence-electron chi connectivity index (χ0n) is 51.6. The minimum absolute atomic E-state index is 0.167. The number of rotatable bonds is 55. The molecule has 0 radical (unpaired) electrons. The number of unbranched alkanes of at least 4 members (excludes halogenated alkanes) is 12. The molecule has 9 heteroatoms. The molecular formula is C72H114NO8+. The molecule has 0 rings (SSSR count). The van der Waals surface area contributed by atoms with Crippen LogP contribution in [0.4, 0.5) is 0 Å². The molecule has 0 aliphatic heterocycles. The maximum atomic E-state index is 12.9. The summed E-state index contributed by atoms with van der Waals surface area (Å²) in [6.07, 6.45) is 88.9. The van der Waals surface area contributed by atoms with Crippen LogP contribution in [0.5, 0.6) is 0 Å². The Morgan fingerprint density at radius 1 is 0.370 bits per heavy atom. The van der Waals surface area contributed by atoms with E-state index in [9.17, 15) is 19.5 Å². The first-order chi connectivity index (χ1) is 39.6. The molecule has 0 aliphatic carbocycles. The van der Waals surface area contributed by atoms with E-state index in [-0.39, 0.29) is 32.7 Å². The van der Waals surface area contributed by atoms with Gasteiger partial charge in [-0.25, -0.2) is 4.79 Å². The van der Waals surface area contributed by atoms with Crippen LogP contribution in [0.25, 0.3) is 0 Å². The summed E-state index contributed by atoms with van der Waals surface area (Å²) in [4.78, 5) is 37.4. The smallest absolute Gasteiger partial charge is 0.361 e. The number of aliphatic carboxylic acids is 1. The molecule has 0 fully saturated rings. The Balaban J connectivity index is 4.25. The van der Waals surface area contributed by atoms with Crippen molar-refractivity contribution in [2.75, 3.05) is 47.5 Å². The molecule has 0 heterocycles. The molecule has 0 saturated heterocycles. The summed E-state index contributed by atoms with van der Waals surface area (Å²) in [5.74, 6) is -2.14. The fourth-order valence-corrected chi connectivity index (χ4v) is 7.76. The standard InChI is InChI=1S/C72H113NO8/c1-6-8-10-12-14-16-18-20-22-24-26-27-28-29-30-31-32-33-34-35-36-37-38-39-40-41-42-43-45-47-49-51-53-55-57-59-61-63-70(75)81-68(67-80-72(71(76)77)78-65-64-73(3,4)5)66-79-69(74)62-60-58-56-54-52-50-48-46-44-25-23-21-19-17-15-13-11-9-7-2/h8-11,14-17,20-23,26-27,29-30,32-33,35-36,38-39,44,46,50,52,56,58,68,72H,6-7,12-13,18-19,24-25,28,31,34,37,40-43,45,47-49,51,53-55,57,59-67H2,1-5H3/p+1/b10-8-,11-9-,16-14-,17-15-,22-20-,23-21-,27-26-,30-29-,33-32-,36-35-,39-38-,46-44-,52-50-,58-56-. The van der Waals surface area contributed by atoms with Gasteiger partial charge >= 0.3 is 17.9 Å². The summed E-state index contributed by atoms with van der Waals surface area (Å²) in [5.41, 5.74) is 0. The third-order valence-electron chi connectivity index (χ3n) is 12.5. The van der Waals surface area contributed by atoms with Crippen LogP contribution >= 0.6 is 0 Å². The number of carbonyl (C=O) groups excluding carboxylic acids is 2.